The van der Waals surface area contributed by atoms with Crippen molar-refractivity contribution in [1.29, 1.82) is 0 Å². The largest absolute Gasteiger partial charge is 0.708 e. The SMILES string of the molecule is COC(=O)c1ccc(OB(O)O)n1C(=O)OC(C)(C)C. The second-order valence-corrected chi connectivity index (χ2v) is 4.81. The minimum atomic E-state index is -2.14. The van der Waals surface area contributed by atoms with Crippen LogP contribution >= 0.6 is 0 Å². The number of nitrogens with zero attached hydrogens (tertiary/aromatic N) is 1. The third-order valence-corrected chi connectivity index (χ3v) is 2.04. The lowest BCUT2D eigenvalue weighted by Gasteiger charge is -2.21. The van der Waals surface area contributed by atoms with Gasteiger partial charge in [0.15, 0.2) is 5.88 Å². The lowest BCUT2D eigenvalue weighted by Crippen LogP contribution is -2.31. The monoisotopic (exact) mass is 285 g/mol. The zero-order valence-electron chi connectivity index (χ0n) is 11.6. The van der Waals surface area contributed by atoms with Crippen molar-refractivity contribution < 1.29 is 33.8 Å². The summed E-state index contributed by atoms with van der Waals surface area (Å²) in [5.41, 5.74) is -0.957. The molecular weight excluding hydrogens is 269 g/mol. The van der Waals surface area contributed by atoms with Gasteiger partial charge < -0.3 is 24.2 Å². The Kier molecular flexibility index (Phi) is 4.80. The van der Waals surface area contributed by atoms with Gasteiger partial charge in [0.2, 0.25) is 0 Å². The summed E-state index contributed by atoms with van der Waals surface area (Å²) >= 11 is 0. The molecule has 0 amide bonds. The number of esters is 1. The first-order chi connectivity index (χ1) is 9.15. The normalized spacial score (nSPS) is 10.9. The topological polar surface area (TPSA) is 107 Å². The second kappa shape index (κ2) is 5.97. The minimum Gasteiger partial charge on any atom is -0.498 e. The van der Waals surface area contributed by atoms with E-state index in [1.807, 2.05) is 0 Å². The summed E-state index contributed by atoms with van der Waals surface area (Å²) in [6.07, 6.45) is -0.904. The van der Waals surface area contributed by atoms with E-state index in [1.165, 1.54) is 12.1 Å². The molecule has 9 heteroatoms. The van der Waals surface area contributed by atoms with Gasteiger partial charge in [0.05, 0.1) is 7.11 Å². The maximum absolute atomic E-state index is 12.1. The van der Waals surface area contributed by atoms with Gasteiger partial charge in [-0.3, -0.25) is 0 Å². The molecular formula is C11H16BNO7. The van der Waals surface area contributed by atoms with Gasteiger partial charge in [0.1, 0.15) is 11.3 Å². The predicted octanol–water partition coefficient (Wildman–Crippen LogP) is 0.406. The third-order valence-electron chi connectivity index (χ3n) is 2.04. The van der Waals surface area contributed by atoms with Crippen molar-refractivity contribution in [3.8, 4) is 5.88 Å². The van der Waals surface area contributed by atoms with E-state index < -0.39 is 25.0 Å². The molecule has 0 radical (unpaired) electrons. The van der Waals surface area contributed by atoms with Crippen molar-refractivity contribution in [2.45, 2.75) is 26.4 Å². The number of carbonyl (C=O) groups excluding carboxylic acids is 2. The summed E-state index contributed by atoms with van der Waals surface area (Å²) in [6.45, 7) is 4.94. The van der Waals surface area contributed by atoms with Gasteiger partial charge in [-0.15, -0.1) is 0 Å². The molecule has 0 spiro atoms. The molecule has 0 aromatic carbocycles. The molecule has 20 heavy (non-hydrogen) atoms. The molecule has 1 heterocycles. The fraction of sp³-hybridized carbons (Fsp3) is 0.455. The third kappa shape index (κ3) is 4.00. The first-order valence-corrected chi connectivity index (χ1v) is 5.72. The van der Waals surface area contributed by atoms with Gasteiger partial charge in [-0.1, -0.05) is 0 Å². The quantitative estimate of drug-likeness (QED) is 0.611. The Hall–Kier alpha value is -2.00. The molecule has 0 aliphatic carbocycles. The standard InChI is InChI=1S/C11H16BNO7/c1-11(2,3)19-10(15)13-7(9(14)18-4)5-6-8(13)20-12(16)17/h5-6,16-17H,1-4H3. The Labute approximate surface area is 116 Å². The predicted molar refractivity (Wildman–Crippen MR) is 68.2 cm³/mol. The van der Waals surface area contributed by atoms with Crippen LogP contribution in [0.25, 0.3) is 0 Å². The summed E-state index contributed by atoms with van der Waals surface area (Å²) in [7, 11) is -0.993. The molecule has 0 saturated heterocycles. The lowest BCUT2D eigenvalue weighted by molar-refractivity contribution is 0.0474. The molecule has 0 aliphatic rings. The van der Waals surface area contributed by atoms with Gasteiger partial charge in [0.25, 0.3) is 0 Å². The number of carbonyl (C=O) groups is 2. The first kappa shape index (κ1) is 16.1. The highest BCUT2D eigenvalue weighted by atomic mass is 16.6. The van der Waals surface area contributed by atoms with Crippen LogP contribution in [0.1, 0.15) is 31.3 Å². The molecule has 0 atom stereocenters. The summed E-state index contributed by atoms with van der Waals surface area (Å²) in [4.78, 5) is 23.6. The Morgan fingerprint density at radius 2 is 1.85 bits per heavy atom. The average Bonchev–Trinajstić information content (AvgIpc) is 2.68. The Morgan fingerprint density at radius 1 is 1.25 bits per heavy atom. The highest BCUT2D eigenvalue weighted by molar-refractivity contribution is 6.33. The Balaban J connectivity index is 3.20. The van der Waals surface area contributed by atoms with Crippen molar-refractivity contribution in [3.63, 3.8) is 0 Å². The van der Waals surface area contributed by atoms with Crippen LogP contribution in [-0.4, -0.2) is 46.7 Å². The van der Waals surface area contributed by atoms with Crippen LogP contribution in [0, 0.1) is 0 Å². The molecule has 2 N–H and O–H groups in total. The molecule has 0 unspecified atom stereocenters. The second-order valence-electron chi connectivity index (χ2n) is 4.81. The number of hydrogen-bond donors (Lipinski definition) is 2. The van der Waals surface area contributed by atoms with E-state index in [-0.39, 0.29) is 11.6 Å². The fourth-order valence-corrected chi connectivity index (χ4v) is 1.38. The van der Waals surface area contributed by atoms with E-state index in [4.69, 9.17) is 14.8 Å². The van der Waals surface area contributed by atoms with Crippen LogP contribution in [0.4, 0.5) is 4.79 Å². The molecule has 1 rings (SSSR count). The van der Waals surface area contributed by atoms with Crippen molar-refractivity contribution in [3.05, 3.63) is 17.8 Å². The van der Waals surface area contributed by atoms with Gasteiger partial charge in [-0.2, -0.15) is 0 Å². The van der Waals surface area contributed by atoms with Gasteiger partial charge in [-0.25, -0.2) is 14.2 Å². The zero-order chi connectivity index (χ0) is 15.5. The minimum absolute atomic E-state index is 0.155. The summed E-state index contributed by atoms with van der Waals surface area (Å²) in [6, 6.07) is 2.46. The zero-order valence-corrected chi connectivity index (χ0v) is 11.6. The molecule has 1 aromatic heterocycles. The first-order valence-electron chi connectivity index (χ1n) is 5.72. The van der Waals surface area contributed by atoms with Crippen molar-refractivity contribution in [2.24, 2.45) is 0 Å². The summed E-state index contributed by atoms with van der Waals surface area (Å²) in [5.74, 6) is -1.05. The maximum Gasteiger partial charge on any atom is 0.708 e. The van der Waals surface area contributed by atoms with Crippen LogP contribution in [0.5, 0.6) is 5.88 Å². The van der Waals surface area contributed by atoms with Crippen molar-refractivity contribution >= 4 is 19.4 Å². The van der Waals surface area contributed by atoms with Gasteiger partial charge >= 0.3 is 19.4 Å². The Bertz CT molecular complexity index is 503. The molecule has 0 saturated carbocycles. The summed E-state index contributed by atoms with van der Waals surface area (Å²) < 4.78 is 15.0. The van der Waals surface area contributed by atoms with Crippen molar-refractivity contribution in [1.82, 2.24) is 4.57 Å². The highest BCUT2D eigenvalue weighted by Gasteiger charge is 2.28. The van der Waals surface area contributed by atoms with Crippen LogP contribution in [-0.2, 0) is 9.47 Å². The van der Waals surface area contributed by atoms with Crippen molar-refractivity contribution in [2.75, 3.05) is 7.11 Å². The van der Waals surface area contributed by atoms with Crippen LogP contribution in [0.15, 0.2) is 12.1 Å². The van der Waals surface area contributed by atoms with Crippen LogP contribution in [0.2, 0.25) is 0 Å². The number of hydrogen-bond acceptors (Lipinski definition) is 7. The average molecular weight is 285 g/mol. The van der Waals surface area contributed by atoms with E-state index >= 15 is 0 Å². The van der Waals surface area contributed by atoms with E-state index in [0.717, 1.165) is 11.7 Å². The molecule has 8 nitrogen and oxygen atoms in total. The molecule has 0 fully saturated rings. The molecule has 0 bridgehead atoms. The summed E-state index contributed by atoms with van der Waals surface area (Å²) in [5, 5.41) is 17.6. The van der Waals surface area contributed by atoms with E-state index in [0.29, 0.717) is 0 Å². The number of aromatic nitrogens is 1. The highest BCUT2D eigenvalue weighted by Crippen LogP contribution is 2.21. The number of rotatable bonds is 3. The number of methoxy groups -OCH3 is 1. The van der Waals surface area contributed by atoms with E-state index in [9.17, 15) is 9.59 Å². The molecule has 110 valence electrons. The molecule has 0 aliphatic heterocycles. The maximum atomic E-state index is 12.1. The molecule has 1 aromatic rings. The fourth-order valence-electron chi connectivity index (χ4n) is 1.38. The smallest absolute Gasteiger partial charge is 0.498 e. The number of ether oxygens (including phenoxy) is 2. The Morgan fingerprint density at radius 3 is 2.30 bits per heavy atom. The van der Waals surface area contributed by atoms with Crippen LogP contribution < -0.4 is 4.65 Å². The lowest BCUT2D eigenvalue weighted by atomic mass is 10.2. The van der Waals surface area contributed by atoms with Gasteiger partial charge in [0, 0.05) is 0 Å². The van der Waals surface area contributed by atoms with E-state index in [1.54, 1.807) is 20.8 Å². The van der Waals surface area contributed by atoms with Gasteiger partial charge in [-0.05, 0) is 32.9 Å². The van der Waals surface area contributed by atoms with Crippen LogP contribution in [0.3, 0.4) is 0 Å². The van der Waals surface area contributed by atoms with E-state index in [2.05, 4.69) is 9.39 Å².